The van der Waals surface area contributed by atoms with E-state index in [2.05, 4.69) is 10.3 Å². The van der Waals surface area contributed by atoms with Crippen LogP contribution in [0.1, 0.15) is 41.8 Å². The Kier molecular flexibility index (Phi) is 5.69. The van der Waals surface area contributed by atoms with Gasteiger partial charge in [0.1, 0.15) is 0 Å². The van der Waals surface area contributed by atoms with Gasteiger partial charge in [-0.05, 0) is 44.2 Å². The molecule has 1 unspecified atom stereocenters. The molecule has 2 amide bonds. The van der Waals surface area contributed by atoms with E-state index in [-0.39, 0.29) is 23.7 Å². The van der Waals surface area contributed by atoms with Crippen molar-refractivity contribution in [2.75, 3.05) is 18.4 Å². The third-order valence-corrected chi connectivity index (χ3v) is 6.90. The van der Waals surface area contributed by atoms with Gasteiger partial charge in [0, 0.05) is 35.3 Å². The summed E-state index contributed by atoms with van der Waals surface area (Å²) >= 11 is 7.76. The maximum Gasteiger partial charge on any atom is 0.231 e. The van der Waals surface area contributed by atoms with Gasteiger partial charge in [0.2, 0.25) is 11.8 Å². The molecular weight excluding hydrogens is 394 g/mol. The molecule has 1 aliphatic heterocycles. The molecular formula is C21H24ClN3O2S. The van der Waals surface area contributed by atoms with E-state index in [4.69, 9.17) is 11.6 Å². The standard InChI is InChI=1S/C21H24ClN3O2S/c1-13-18(11-15-5-2-3-7-17(15)22)28-21(23-13)24-19(26)16-6-4-10-25(12-16)20(27)14-8-9-14/h2-3,5,7,14,16H,4,6,8-12H2,1H3,(H,23,24,26). The number of hydrogen-bond donors (Lipinski definition) is 1. The number of halogens is 1. The van der Waals surface area contributed by atoms with E-state index >= 15 is 0 Å². The van der Waals surface area contributed by atoms with Gasteiger partial charge in [0.05, 0.1) is 11.6 Å². The first kappa shape index (κ1) is 19.4. The highest BCUT2D eigenvalue weighted by molar-refractivity contribution is 7.15. The lowest BCUT2D eigenvalue weighted by atomic mass is 9.97. The molecule has 1 saturated carbocycles. The van der Waals surface area contributed by atoms with E-state index in [0.29, 0.717) is 18.1 Å². The largest absolute Gasteiger partial charge is 0.342 e. The lowest BCUT2D eigenvalue weighted by Crippen LogP contribution is -2.44. The second-order valence-electron chi connectivity index (χ2n) is 7.68. The van der Waals surface area contributed by atoms with Crippen LogP contribution in [0.15, 0.2) is 24.3 Å². The van der Waals surface area contributed by atoms with Crippen molar-refractivity contribution in [1.82, 2.24) is 9.88 Å². The van der Waals surface area contributed by atoms with Gasteiger partial charge >= 0.3 is 0 Å². The van der Waals surface area contributed by atoms with Crippen molar-refractivity contribution in [3.63, 3.8) is 0 Å². The number of hydrogen-bond acceptors (Lipinski definition) is 4. The van der Waals surface area contributed by atoms with Gasteiger partial charge in [-0.25, -0.2) is 4.98 Å². The summed E-state index contributed by atoms with van der Waals surface area (Å²) in [6.45, 7) is 3.25. The smallest absolute Gasteiger partial charge is 0.231 e. The van der Waals surface area contributed by atoms with E-state index < -0.39 is 0 Å². The fourth-order valence-electron chi connectivity index (χ4n) is 3.65. The molecule has 2 aliphatic rings. The molecule has 4 rings (SSSR count). The van der Waals surface area contributed by atoms with Crippen molar-refractivity contribution in [3.8, 4) is 0 Å². The Labute approximate surface area is 174 Å². The van der Waals surface area contributed by atoms with Gasteiger partial charge in [-0.3, -0.25) is 9.59 Å². The molecule has 148 valence electrons. The molecule has 0 radical (unpaired) electrons. The summed E-state index contributed by atoms with van der Waals surface area (Å²) in [7, 11) is 0. The normalized spacial score (nSPS) is 19.5. The number of piperidine rings is 1. The Balaban J connectivity index is 1.39. The number of thiazole rings is 1. The van der Waals surface area contributed by atoms with Crippen LogP contribution in [0.4, 0.5) is 5.13 Å². The van der Waals surface area contributed by atoms with Crippen LogP contribution >= 0.6 is 22.9 Å². The zero-order valence-corrected chi connectivity index (χ0v) is 17.5. The zero-order valence-electron chi connectivity index (χ0n) is 15.9. The zero-order chi connectivity index (χ0) is 19.7. The van der Waals surface area contributed by atoms with E-state index in [1.54, 1.807) is 0 Å². The van der Waals surface area contributed by atoms with Crippen molar-refractivity contribution < 1.29 is 9.59 Å². The van der Waals surface area contributed by atoms with Crippen molar-refractivity contribution in [1.29, 1.82) is 0 Å². The molecule has 2 fully saturated rings. The van der Waals surface area contributed by atoms with Crippen LogP contribution in [0.5, 0.6) is 0 Å². The molecule has 1 aromatic carbocycles. The summed E-state index contributed by atoms with van der Waals surface area (Å²) in [6.07, 6.45) is 4.39. The Hall–Kier alpha value is -1.92. The van der Waals surface area contributed by atoms with Gasteiger partial charge in [-0.1, -0.05) is 29.8 Å². The molecule has 1 N–H and O–H groups in total. The summed E-state index contributed by atoms with van der Waals surface area (Å²) in [4.78, 5) is 32.6. The maximum atomic E-state index is 12.8. The minimum Gasteiger partial charge on any atom is -0.342 e. The average molecular weight is 418 g/mol. The number of carbonyl (C=O) groups excluding carboxylic acids is 2. The van der Waals surface area contributed by atoms with Crippen molar-refractivity contribution in [2.45, 2.75) is 39.0 Å². The molecule has 1 aliphatic carbocycles. The van der Waals surface area contributed by atoms with E-state index in [1.807, 2.05) is 36.1 Å². The molecule has 2 heterocycles. The average Bonchev–Trinajstić information content (AvgIpc) is 3.48. The SMILES string of the molecule is Cc1nc(NC(=O)C2CCCN(C(=O)C3CC3)C2)sc1Cc1ccccc1Cl. The molecule has 0 spiro atoms. The lowest BCUT2D eigenvalue weighted by molar-refractivity contribution is -0.135. The van der Waals surface area contributed by atoms with E-state index in [9.17, 15) is 9.59 Å². The predicted molar refractivity (Wildman–Crippen MR) is 112 cm³/mol. The summed E-state index contributed by atoms with van der Waals surface area (Å²) in [5.41, 5.74) is 1.96. The summed E-state index contributed by atoms with van der Waals surface area (Å²) in [5.74, 6) is 0.236. The molecule has 1 atom stereocenters. The van der Waals surface area contributed by atoms with Crippen molar-refractivity contribution >= 4 is 39.9 Å². The molecule has 0 bridgehead atoms. The van der Waals surface area contributed by atoms with Gasteiger partial charge in [0.25, 0.3) is 0 Å². The third-order valence-electron chi connectivity index (χ3n) is 5.46. The van der Waals surface area contributed by atoms with Gasteiger partial charge in [0.15, 0.2) is 5.13 Å². The molecule has 28 heavy (non-hydrogen) atoms. The highest BCUT2D eigenvalue weighted by Gasteiger charge is 2.36. The predicted octanol–water partition coefficient (Wildman–Crippen LogP) is 4.28. The van der Waals surface area contributed by atoms with Crippen LogP contribution < -0.4 is 5.32 Å². The van der Waals surface area contributed by atoms with Crippen LogP contribution in [-0.2, 0) is 16.0 Å². The second kappa shape index (κ2) is 8.21. The minimum absolute atomic E-state index is 0.0358. The molecule has 1 saturated heterocycles. The number of benzene rings is 1. The quantitative estimate of drug-likeness (QED) is 0.789. The number of aromatic nitrogens is 1. The van der Waals surface area contributed by atoms with Gasteiger partial charge in [-0.15, -0.1) is 11.3 Å². The number of nitrogens with one attached hydrogen (secondary N) is 1. The fraction of sp³-hybridized carbons (Fsp3) is 0.476. The molecule has 1 aromatic heterocycles. The van der Waals surface area contributed by atoms with Crippen LogP contribution in [0, 0.1) is 18.8 Å². The number of aryl methyl sites for hydroxylation is 1. The number of anilines is 1. The monoisotopic (exact) mass is 417 g/mol. The Morgan fingerprint density at radius 3 is 2.79 bits per heavy atom. The summed E-state index contributed by atoms with van der Waals surface area (Å²) in [5, 5.41) is 4.34. The Morgan fingerprint density at radius 1 is 1.25 bits per heavy atom. The first-order valence-corrected chi connectivity index (χ1v) is 11.0. The van der Waals surface area contributed by atoms with Crippen LogP contribution in [0.25, 0.3) is 0 Å². The highest BCUT2D eigenvalue weighted by Crippen LogP contribution is 2.33. The van der Waals surface area contributed by atoms with Crippen molar-refractivity contribution in [3.05, 3.63) is 45.4 Å². The van der Waals surface area contributed by atoms with E-state index in [1.165, 1.54) is 11.3 Å². The fourth-order valence-corrected chi connectivity index (χ4v) is 4.84. The third kappa shape index (κ3) is 4.39. The number of carbonyl (C=O) groups is 2. The van der Waals surface area contributed by atoms with E-state index in [0.717, 1.165) is 53.4 Å². The number of nitrogens with zero attached hydrogens (tertiary/aromatic N) is 2. The summed E-state index contributed by atoms with van der Waals surface area (Å²) in [6, 6.07) is 7.78. The number of rotatable bonds is 5. The first-order valence-electron chi connectivity index (χ1n) is 9.80. The molecule has 5 nitrogen and oxygen atoms in total. The first-order chi connectivity index (χ1) is 13.5. The second-order valence-corrected chi connectivity index (χ2v) is 9.17. The lowest BCUT2D eigenvalue weighted by Gasteiger charge is -2.32. The molecule has 2 aromatic rings. The minimum atomic E-state index is -0.160. The van der Waals surface area contributed by atoms with Gasteiger partial charge in [-0.2, -0.15) is 0 Å². The van der Waals surface area contributed by atoms with Gasteiger partial charge < -0.3 is 10.2 Å². The topological polar surface area (TPSA) is 62.3 Å². The highest BCUT2D eigenvalue weighted by atomic mass is 35.5. The Morgan fingerprint density at radius 2 is 2.04 bits per heavy atom. The summed E-state index contributed by atoms with van der Waals surface area (Å²) < 4.78 is 0. The Bertz CT molecular complexity index is 894. The molecule has 7 heteroatoms. The van der Waals surface area contributed by atoms with Crippen LogP contribution in [0.3, 0.4) is 0 Å². The van der Waals surface area contributed by atoms with Crippen molar-refractivity contribution in [2.24, 2.45) is 11.8 Å². The van der Waals surface area contributed by atoms with Crippen LogP contribution in [-0.4, -0.2) is 34.8 Å². The number of likely N-dealkylation sites (tertiary alicyclic amines) is 1. The number of amides is 2. The van der Waals surface area contributed by atoms with Crippen LogP contribution in [0.2, 0.25) is 5.02 Å². The maximum absolute atomic E-state index is 12.8.